The van der Waals surface area contributed by atoms with Crippen LogP contribution in [0.3, 0.4) is 0 Å². The van der Waals surface area contributed by atoms with Gasteiger partial charge in [-0.25, -0.2) is 0 Å². The molecule has 0 bridgehead atoms. The normalized spacial score (nSPS) is 11.1. The van der Waals surface area contributed by atoms with E-state index in [9.17, 15) is 0 Å². The zero-order chi connectivity index (χ0) is 24.8. The lowest BCUT2D eigenvalue weighted by molar-refractivity contribution is 0.0175. The second-order valence-electron chi connectivity index (χ2n) is 8.32. The van der Waals surface area contributed by atoms with Crippen LogP contribution in [0, 0.1) is 0 Å². The van der Waals surface area contributed by atoms with E-state index in [-0.39, 0.29) is 0 Å². The zero-order valence-electron chi connectivity index (χ0n) is 19.4. The number of hydrogen-bond acceptors (Lipinski definition) is 2. The quantitative estimate of drug-likeness (QED) is 0.122. The summed E-state index contributed by atoms with van der Waals surface area (Å²) in [4.78, 5) is 6.74. The minimum atomic E-state index is -0.978. The fraction of sp³-hybridized carbons (Fsp3) is 0.0312. The van der Waals surface area contributed by atoms with Gasteiger partial charge in [0.1, 0.15) is 5.71 Å². The SMILES string of the molecule is Clc1ccc(C(=NOC(c2ccccc2)(c2ccccc2)c2ccccc2)c2ccc(Cl)cc2)cc1. The molecule has 0 saturated carbocycles. The molecule has 0 N–H and O–H groups in total. The smallest absolute Gasteiger partial charge is 0.212 e. The molecule has 2 nitrogen and oxygen atoms in total. The van der Waals surface area contributed by atoms with Crippen molar-refractivity contribution in [2.45, 2.75) is 5.60 Å². The average Bonchev–Trinajstić information content (AvgIpc) is 2.94. The Bertz CT molecular complexity index is 1290. The van der Waals surface area contributed by atoms with Crippen molar-refractivity contribution in [2.24, 2.45) is 5.16 Å². The number of nitrogens with zero attached hydrogens (tertiary/aromatic N) is 1. The van der Waals surface area contributed by atoms with Gasteiger partial charge in [0, 0.05) is 37.9 Å². The third-order valence-corrected chi connectivity index (χ3v) is 6.55. The minimum Gasteiger partial charge on any atom is -0.374 e. The Balaban J connectivity index is 1.74. The highest BCUT2D eigenvalue weighted by Gasteiger charge is 2.39. The molecule has 4 heteroatoms. The third-order valence-electron chi connectivity index (χ3n) is 6.05. The highest BCUT2D eigenvalue weighted by Crippen LogP contribution is 2.41. The minimum absolute atomic E-state index is 0.655. The maximum absolute atomic E-state index is 6.74. The van der Waals surface area contributed by atoms with Crippen LogP contribution < -0.4 is 0 Å². The van der Waals surface area contributed by atoms with E-state index in [0.717, 1.165) is 27.8 Å². The van der Waals surface area contributed by atoms with Crippen molar-refractivity contribution in [3.05, 3.63) is 177 Å². The zero-order valence-corrected chi connectivity index (χ0v) is 20.9. The van der Waals surface area contributed by atoms with Crippen molar-refractivity contribution < 1.29 is 4.84 Å². The van der Waals surface area contributed by atoms with Gasteiger partial charge < -0.3 is 4.84 Å². The summed E-state index contributed by atoms with van der Waals surface area (Å²) < 4.78 is 0. The number of hydrogen-bond donors (Lipinski definition) is 0. The summed E-state index contributed by atoms with van der Waals surface area (Å²) in [7, 11) is 0. The molecule has 0 aliphatic carbocycles. The van der Waals surface area contributed by atoms with E-state index in [1.54, 1.807) is 0 Å². The van der Waals surface area contributed by atoms with Gasteiger partial charge in [0.2, 0.25) is 5.60 Å². The molecule has 176 valence electrons. The Morgan fingerprint density at radius 3 is 1.14 bits per heavy atom. The molecular formula is C32H23Cl2NO. The van der Waals surface area contributed by atoms with Gasteiger partial charge >= 0.3 is 0 Å². The molecule has 5 aromatic rings. The molecule has 0 radical (unpaired) electrons. The van der Waals surface area contributed by atoms with E-state index in [2.05, 4.69) is 36.4 Å². The molecule has 0 aliphatic heterocycles. The molecule has 5 aromatic carbocycles. The van der Waals surface area contributed by atoms with Gasteiger partial charge in [-0.05, 0) is 24.3 Å². The molecule has 5 rings (SSSR count). The Labute approximate surface area is 221 Å². The van der Waals surface area contributed by atoms with Gasteiger partial charge in [-0.1, -0.05) is 144 Å². The number of benzene rings is 5. The molecule has 0 aliphatic rings. The molecule has 0 spiro atoms. The van der Waals surface area contributed by atoms with Crippen LogP contribution in [-0.2, 0) is 10.4 Å². The van der Waals surface area contributed by atoms with Gasteiger partial charge in [0.05, 0.1) is 0 Å². The maximum Gasteiger partial charge on any atom is 0.212 e. The van der Waals surface area contributed by atoms with E-state index >= 15 is 0 Å². The highest BCUT2D eigenvalue weighted by atomic mass is 35.5. The molecule has 0 amide bonds. The first kappa shape index (κ1) is 23.9. The maximum atomic E-state index is 6.74. The molecule has 0 fully saturated rings. The van der Waals surface area contributed by atoms with Crippen molar-refractivity contribution in [2.75, 3.05) is 0 Å². The van der Waals surface area contributed by atoms with Crippen LogP contribution in [0.2, 0.25) is 10.0 Å². The van der Waals surface area contributed by atoms with E-state index in [0.29, 0.717) is 15.8 Å². The van der Waals surface area contributed by atoms with Crippen LogP contribution in [0.25, 0.3) is 0 Å². The lowest BCUT2D eigenvalue weighted by Gasteiger charge is -2.33. The van der Waals surface area contributed by atoms with Crippen LogP contribution in [0.15, 0.2) is 145 Å². The second-order valence-corrected chi connectivity index (χ2v) is 9.20. The van der Waals surface area contributed by atoms with Gasteiger partial charge in [0.15, 0.2) is 0 Å². The van der Waals surface area contributed by atoms with E-state index < -0.39 is 5.60 Å². The summed E-state index contributed by atoms with van der Waals surface area (Å²) in [5.41, 5.74) is 4.37. The van der Waals surface area contributed by atoms with Crippen LogP contribution in [0.5, 0.6) is 0 Å². The van der Waals surface area contributed by atoms with E-state index in [1.165, 1.54) is 0 Å². The first-order chi connectivity index (χ1) is 17.7. The van der Waals surface area contributed by atoms with Crippen molar-refractivity contribution in [1.29, 1.82) is 0 Å². The van der Waals surface area contributed by atoms with Crippen LogP contribution in [0.1, 0.15) is 27.8 Å². The lowest BCUT2D eigenvalue weighted by atomic mass is 9.80. The van der Waals surface area contributed by atoms with Crippen LogP contribution in [-0.4, -0.2) is 5.71 Å². The number of oxime groups is 1. The van der Waals surface area contributed by atoms with Crippen LogP contribution >= 0.6 is 23.2 Å². The van der Waals surface area contributed by atoms with Crippen LogP contribution in [0.4, 0.5) is 0 Å². The van der Waals surface area contributed by atoms with Crippen molar-refractivity contribution in [1.82, 2.24) is 0 Å². The lowest BCUT2D eigenvalue weighted by Crippen LogP contribution is -2.31. The fourth-order valence-electron chi connectivity index (χ4n) is 4.28. The van der Waals surface area contributed by atoms with Gasteiger partial charge in [0.25, 0.3) is 0 Å². The Hall–Kier alpha value is -3.85. The predicted octanol–water partition coefficient (Wildman–Crippen LogP) is 8.75. The molecule has 0 saturated heterocycles. The van der Waals surface area contributed by atoms with Gasteiger partial charge in [-0.15, -0.1) is 0 Å². The first-order valence-corrected chi connectivity index (χ1v) is 12.4. The molecule has 0 atom stereocenters. The Morgan fingerprint density at radius 1 is 0.472 bits per heavy atom. The summed E-state index contributed by atoms with van der Waals surface area (Å²) in [6.45, 7) is 0. The van der Waals surface area contributed by atoms with Crippen molar-refractivity contribution >= 4 is 28.9 Å². The van der Waals surface area contributed by atoms with E-state index in [4.69, 9.17) is 33.2 Å². The molecular weight excluding hydrogens is 485 g/mol. The first-order valence-electron chi connectivity index (χ1n) is 11.6. The summed E-state index contributed by atoms with van der Waals surface area (Å²) in [5.74, 6) is 0. The predicted molar refractivity (Wildman–Crippen MR) is 149 cm³/mol. The molecule has 0 heterocycles. The monoisotopic (exact) mass is 507 g/mol. The summed E-state index contributed by atoms with van der Waals surface area (Å²) in [6.07, 6.45) is 0. The number of halogens is 2. The second kappa shape index (κ2) is 10.8. The largest absolute Gasteiger partial charge is 0.374 e. The molecule has 0 unspecified atom stereocenters. The topological polar surface area (TPSA) is 21.6 Å². The fourth-order valence-corrected chi connectivity index (χ4v) is 4.53. The molecule has 0 aromatic heterocycles. The van der Waals surface area contributed by atoms with E-state index in [1.807, 2.05) is 103 Å². The Kier molecular flexibility index (Phi) is 7.18. The third kappa shape index (κ3) is 4.92. The average molecular weight is 508 g/mol. The molecule has 36 heavy (non-hydrogen) atoms. The van der Waals surface area contributed by atoms with Gasteiger partial charge in [-0.2, -0.15) is 0 Å². The standard InChI is InChI=1S/C32H23Cl2NO/c33-29-20-16-24(17-21-29)31(25-18-22-30(34)23-19-25)35-36-32(26-10-4-1-5-11-26,27-12-6-2-7-13-27)28-14-8-3-9-15-28/h1-23H. The summed E-state index contributed by atoms with van der Waals surface area (Å²) in [5, 5.41) is 6.17. The van der Waals surface area contributed by atoms with Crippen molar-refractivity contribution in [3.8, 4) is 0 Å². The summed E-state index contributed by atoms with van der Waals surface area (Å²) in [6, 6.07) is 45.7. The van der Waals surface area contributed by atoms with Crippen molar-refractivity contribution in [3.63, 3.8) is 0 Å². The van der Waals surface area contributed by atoms with Gasteiger partial charge in [-0.3, -0.25) is 0 Å². The summed E-state index contributed by atoms with van der Waals surface area (Å²) >= 11 is 12.4. The number of rotatable bonds is 7. The highest BCUT2D eigenvalue weighted by molar-refractivity contribution is 6.31. The Morgan fingerprint density at radius 2 is 0.806 bits per heavy atom.